The van der Waals surface area contributed by atoms with Crippen molar-refractivity contribution in [3.8, 4) is 0 Å². The molecule has 0 aliphatic rings. The molecule has 0 spiro atoms. The maximum atomic E-state index is 12.4. The van der Waals surface area contributed by atoms with Crippen molar-refractivity contribution in [2.45, 2.75) is 31.0 Å². The topological polar surface area (TPSA) is 63.7 Å². The molecule has 1 aromatic heterocycles. The van der Waals surface area contributed by atoms with Crippen LogP contribution in [0.3, 0.4) is 0 Å². The second-order valence-electron chi connectivity index (χ2n) is 4.01. The van der Waals surface area contributed by atoms with Crippen LogP contribution in [0.25, 0.3) is 0 Å². The Kier molecular flexibility index (Phi) is 5.79. The Morgan fingerprint density at radius 2 is 2.11 bits per heavy atom. The van der Waals surface area contributed by atoms with Crippen LogP contribution in [0.15, 0.2) is 16.3 Å². The molecule has 0 N–H and O–H groups in total. The maximum Gasteiger partial charge on any atom is 0.321 e. The first-order chi connectivity index (χ1) is 8.78. The van der Waals surface area contributed by atoms with Gasteiger partial charge in [-0.15, -0.1) is 11.3 Å². The van der Waals surface area contributed by atoms with Gasteiger partial charge in [-0.1, -0.05) is 11.6 Å². The molecule has 0 unspecified atom stereocenters. The minimum Gasteiger partial charge on any atom is -0.465 e. The van der Waals surface area contributed by atoms with Gasteiger partial charge in [0.1, 0.15) is 10.8 Å². The second kappa shape index (κ2) is 6.69. The van der Waals surface area contributed by atoms with E-state index < -0.39 is 16.0 Å². The number of hydrogen-bond donors (Lipinski definition) is 0. The van der Waals surface area contributed by atoms with Crippen LogP contribution < -0.4 is 0 Å². The zero-order chi connectivity index (χ0) is 14.6. The van der Waals surface area contributed by atoms with Gasteiger partial charge in [-0.2, -0.15) is 4.31 Å². The number of sulfonamides is 1. The monoisotopic (exact) mass is 325 g/mol. The van der Waals surface area contributed by atoms with Crippen LogP contribution in [0.1, 0.15) is 20.8 Å². The van der Waals surface area contributed by atoms with E-state index in [4.69, 9.17) is 16.3 Å². The van der Waals surface area contributed by atoms with Crippen LogP contribution in [0.2, 0.25) is 4.34 Å². The van der Waals surface area contributed by atoms with Gasteiger partial charge in [0, 0.05) is 6.04 Å². The lowest BCUT2D eigenvalue weighted by molar-refractivity contribution is -0.143. The summed E-state index contributed by atoms with van der Waals surface area (Å²) < 4.78 is 31.2. The van der Waals surface area contributed by atoms with Gasteiger partial charge >= 0.3 is 5.97 Å². The van der Waals surface area contributed by atoms with Gasteiger partial charge in [0.15, 0.2) is 0 Å². The SMILES string of the molecule is CCOC(=O)CN(C(C)C)S(=O)(=O)c1ccc(Cl)s1. The van der Waals surface area contributed by atoms with E-state index in [1.54, 1.807) is 20.8 Å². The average molecular weight is 326 g/mol. The first-order valence-electron chi connectivity index (χ1n) is 5.71. The number of halogens is 1. The molecule has 0 atom stereocenters. The number of hydrogen-bond acceptors (Lipinski definition) is 5. The van der Waals surface area contributed by atoms with E-state index in [0.29, 0.717) is 4.34 Å². The highest BCUT2D eigenvalue weighted by Crippen LogP contribution is 2.28. The van der Waals surface area contributed by atoms with Gasteiger partial charge in [0.2, 0.25) is 0 Å². The molecule has 1 aromatic rings. The molecule has 108 valence electrons. The molecule has 0 bridgehead atoms. The third-order valence-electron chi connectivity index (χ3n) is 2.28. The normalized spacial score (nSPS) is 12.1. The fourth-order valence-corrected chi connectivity index (χ4v) is 4.62. The molecule has 1 rings (SSSR count). The van der Waals surface area contributed by atoms with Crippen molar-refractivity contribution in [2.24, 2.45) is 0 Å². The first kappa shape index (κ1) is 16.4. The zero-order valence-electron chi connectivity index (χ0n) is 10.9. The van der Waals surface area contributed by atoms with Crippen molar-refractivity contribution in [1.29, 1.82) is 0 Å². The lowest BCUT2D eigenvalue weighted by Gasteiger charge is -2.24. The van der Waals surface area contributed by atoms with Crippen LogP contribution in [0.5, 0.6) is 0 Å². The van der Waals surface area contributed by atoms with Crippen molar-refractivity contribution < 1.29 is 17.9 Å². The van der Waals surface area contributed by atoms with Crippen LogP contribution in [0.4, 0.5) is 0 Å². The van der Waals surface area contributed by atoms with Crippen LogP contribution in [0, 0.1) is 0 Å². The highest BCUT2D eigenvalue weighted by atomic mass is 35.5. The molecule has 1 heterocycles. The minimum atomic E-state index is -3.73. The molecule has 0 saturated carbocycles. The van der Waals surface area contributed by atoms with Crippen LogP contribution >= 0.6 is 22.9 Å². The summed E-state index contributed by atoms with van der Waals surface area (Å²) in [5, 5.41) is 0. The van der Waals surface area contributed by atoms with Crippen LogP contribution in [-0.2, 0) is 19.6 Å². The Morgan fingerprint density at radius 1 is 1.47 bits per heavy atom. The molecule has 8 heteroatoms. The maximum absolute atomic E-state index is 12.4. The van der Waals surface area contributed by atoms with E-state index in [-0.39, 0.29) is 23.4 Å². The summed E-state index contributed by atoms with van der Waals surface area (Å²) in [4.78, 5) is 11.5. The molecular weight excluding hydrogens is 310 g/mol. The van der Waals surface area contributed by atoms with Crippen molar-refractivity contribution in [2.75, 3.05) is 13.2 Å². The predicted octanol–water partition coefficient (Wildman–Crippen LogP) is 2.36. The molecule has 0 aromatic carbocycles. The van der Waals surface area contributed by atoms with Gasteiger partial charge in [-0.25, -0.2) is 8.42 Å². The van der Waals surface area contributed by atoms with E-state index in [1.807, 2.05) is 0 Å². The summed E-state index contributed by atoms with van der Waals surface area (Å²) >= 11 is 6.71. The fraction of sp³-hybridized carbons (Fsp3) is 0.545. The third kappa shape index (κ3) is 4.17. The summed E-state index contributed by atoms with van der Waals surface area (Å²) in [6.45, 7) is 4.99. The first-order valence-corrected chi connectivity index (χ1v) is 8.35. The lowest BCUT2D eigenvalue weighted by Crippen LogP contribution is -2.40. The quantitative estimate of drug-likeness (QED) is 0.753. The Hall–Kier alpha value is -0.630. The van der Waals surface area contributed by atoms with E-state index in [0.717, 1.165) is 15.6 Å². The van der Waals surface area contributed by atoms with Crippen molar-refractivity contribution in [3.63, 3.8) is 0 Å². The van der Waals surface area contributed by atoms with Crippen molar-refractivity contribution >= 4 is 38.9 Å². The number of esters is 1. The van der Waals surface area contributed by atoms with E-state index in [9.17, 15) is 13.2 Å². The standard InChI is InChI=1S/C11H16ClNO4S2/c1-4-17-10(14)7-13(8(2)3)19(15,16)11-6-5-9(12)18-11/h5-6,8H,4,7H2,1-3H3. The Bertz CT molecular complexity index is 539. The van der Waals surface area contributed by atoms with E-state index >= 15 is 0 Å². The molecule has 0 aliphatic carbocycles. The summed E-state index contributed by atoms with van der Waals surface area (Å²) in [6.07, 6.45) is 0. The molecule has 0 amide bonds. The molecule has 0 radical (unpaired) electrons. The number of nitrogens with zero attached hydrogens (tertiary/aromatic N) is 1. The van der Waals surface area contributed by atoms with Gasteiger partial charge in [0.05, 0.1) is 10.9 Å². The Morgan fingerprint density at radius 3 is 2.53 bits per heavy atom. The van der Waals surface area contributed by atoms with E-state index in [2.05, 4.69) is 0 Å². The number of ether oxygens (including phenoxy) is 1. The predicted molar refractivity (Wildman–Crippen MR) is 75.0 cm³/mol. The summed E-state index contributed by atoms with van der Waals surface area (Å²) in [6, 6.07) is 2.60. The molecule has 5 nitrogen and oxygen atoms in total. The zero-order valence-corrected chi connectivity index (χ0v) is 13.3. The molecule has 0 fully saturated rings. The van der Waals surface area contributed by atoms with Crippen LogP contribution in [-0.4, -0.2) is 37.9 Å². The molecular formula is C11H16ClNO4S2. The molecule has 0 aliphatic heterocycles. The molecule has 0 saturated heterocycles. The lowest BCUT2D eigenvalue weighted by atomic mass is 10.4. The van der Waals surface area contributed by atoms with E-state index in [1.165, 1.54) is 12.1 Å². The van der Waals surface area contributed by atoms with Gasteiger partial charge < -0.3 is 4.74 Å². The highest BCUT2D eigenvalue weighted by molar-refractivity contribution is 7.91. The third-order valence-corrected chi connectivity index (χ3v) is 6.00. The largest absolute Gasteiger partial charge is 0.465 e. The number of carbonyl (C=O) groups is 1. The number of thiophene rings is 1. The number of rotatable bonds is 6. The highest BCUT2D eigenvalue weighted by Gasteiger charge is 2.30. The summed E-state index contributed by atoms with van der Waals surface area (Å²) in [5.74, 6) is -0.567. The fourth-order valence-electron chi connectivity index (χ4n) is 1.43. The summed E-state index contributed by atoms with van der Waals surface area (Å²) in [5.41, 5.74) is 0. The van der Waals surface area contributed by atoms with Gasteiger partial charge in [-0.05, 0) is 32.9 Å². The molecule has 19 heavy (non-hydrogen) atoms. The Labute approximate surface area is 122 Å². The van der Waals surface area contributed by atoms with Gasteiger partial charge in [-0.3, -0.25) is 4.79 Å². The Balaban J connectivity index is 3.02. The van der Waals surface area contributed by atoms with Gasteiger partial charge in [0.25, 0.3) is 10.0 Å². The second-order valence-corrected chi connectivity index (χ2v) is 7.84. The summed E-state index contributed by atoms with van der Waals surface area (Å²) in [7, 11) is -3.73. The van der Waals surface area contributed by atoms with Crippen molar-refractivity contribution in [1.82, 2.24) is 4.31 Å². The average Bonchev–Trinajstić information content (AvgIpc) is 2.73. The minimum absolute atomic E-state index is 0.121. The van der Waals surface area contributed by atoms with Crippen molar-refractivity contribution in [3.05, 3.63) is 16.5 Å². The smallest absolute Gasteiger partial charge is 0.321 e. The number of carbonyl (C=O) groups excluding carboxylic acids is 1.